The summed E-state index contributed by atoms with van der Waals surface area (Å²) in [5, 5.41) is 13.7. The number of nitro groups is 1. The van der Waals surface area contributed by atoms with E-state index in [1.165, 1.54) is 12.1 Å². The summed E-state index contributed by atoms with van der Waals surface area (Å²) in [5.41, 5.74) is 2.37. The molecule has 0 aromatic heterocycles. The highest BCUT2D eigenvalue weighted by atomic mass is 16.6. The number of hydrogen-bond acceptors (Lipinski definition) is 4. The first-order chi connectivity index (χ1) is 11.4. The highest BCUT2D eigenvalue weighted by molar-refractivity contribution is 6.05. The lowest BCUT2D eigenvalue weighted by atomic mass is 10.1. The van der Waals surface area contributed by atoms with Crippen LogP contribution < -0.4 is 10.1 Å². The Morgan fingerprint density at radius 3 is 2.46 bits per heavy atom. The van der Waals surface area contributed by atoms with E-state index < -0.39 is 4.92 Å². The molecule has 0 aliphatic rings. The summed E-state index contributed by atoms with van der Waals surface area (Å²) in [6.45, 7) is 6.06. The van der Waals surface area contributed by atoms with E-state index >= 15 is 0 Å². The van der Waals surface area contributed by atoms with Crippen molar-refractivity contribution in [3.8, 4) is 5.75 Å². The van der Waals surface area contributed by atoms with Gasteiger partial charge in [0.1, 0.15) is 5.75 Å². The van der Waals surface area contributed by atoms with Gasteiger partial charge in [0.05, 0.1) is 11.5 Å². The van der Waals surface area contributed by atoms with Crippen molar-refractivity contribution in [1.82, 2.24) is 0 Å². The minimum Gasteiger partial charge on any atom is -0.494 e. The molecule has 2 aromatic carbocycles. The first kappa shape index (κ1) is 17.5. The zero-order valence-electron chi connectivity index (χ0n) is 14.0. The van der Waals surface area contributed by atoms with Gasteiger partial charge in [-0.1, -0.05) is 13.0 Å². The highest BCUT2D eigenvalue weighted by Crippen LogP contribution is 2.27. The van der Waals surface area contributed by atoms with Gasteiger partial charge in [0.2, 0.25) is 0 Å². The van der Waals surface area contributed by atoms with Gasteiger partial charge >= 0.3 is 0 Å². The van der Waals surface area contributed by atoms with Crippen molar-refractivity contribution in [2.45, 2.75) is 27.2 Å². The smallest absolute Gasteiger partial charge is 0.270 e. The number of nitrogens with one attached hydrogen (secondary N) is 1. The molecular formula is C18H20N2O4. The van der Waals surface area contributed by atoms with Crippen molar-refractivity contribution in [3.63, 3.8) is 0 Å². The minimum atomic E-state index is -0.444. The van der Waals surface area contributed by atoms with Crippen LogP contribution in [0.2, 0.25) is 0 Å². The van der Waals surface area contributed by atoms with Crippen LogP contribution in [0.4, 0.5) is 11.4 Å². The van der Waals surface area contributed by atoms with E-state index in [1.807, 2.05) is 6.92 Å². The number of rotatable bonds is 6. The fourth-order valence-corrected chi connectivity index (χ4v) is 2.38. The molecule has 0 aliphatic heterocycles. The summed E-state index contributed by atoms with van der Waals surface area (Å²) < 4.78 is 5.53. The van der Waals surface area contributed by atoms with Crippen LogP contribution in [0.5, 0.6) is 5.75 Å². The predicted molar refractivity (Wildman–Crippen MR) is 92.8 cm³/mol. The molecular weight excluding hydrogens is 308 g/mol. The summed E-state index contributed by atoms with van der Waals surface area (Å²) in [4.78, 5) is 22.9. The van der Waals surface area contributed by atoms with Crippen LogP contribution in [-0.2, 0) is 0 Å². The molecule has 0 fully saturated rings. The Balaban J connectivity index is 2.22. The number of non-ortho nitro benzene ring substituents is 1. The number of aryl methyl sites for hydroxylation is 2. The van der Waals surface area contributed by atoms with E-state index in [0.717, 1.165) is 6.42 Å². The molecule has 0 radical (unpaired) electrons. The van der Waals surface area contributed by atoms with Gasteiger partial charge in [0, 0.05) is 23.4 Å². The SMILES string of the molecule is CCCOc1cccc(C(=O)Nc2c(C)cc([N+](=O)[O-])cc2C)c1. The fourth-order valence-electron chi connectivity index (χ4n) is 2.38. The average molecular weight is 328 g/mol. The van der Waals surface area contributed by atoms with Crippen molar-refractivity contribution in [1.29, 1.82) is 0 Å². The van der Waals surface area contributed by atoms with E-state index in [-0.39, 0.29) is 11.6 Å². The normalized spacial score (nSPS) is 10.3. The summed E-state index contributed by atoms with van der Waals surface area (Å²) >= 11 is 0. The second-order valence-corrected chi connectivity index (χ2v) is 5.54. The van der Waals surface area contributed by atoms with Crippen molar-refractivity contribution in [3.05, 3.63) is 63.2 Å². The number of hydrogen-bond donors (Lipinski definition) is 1. The monoisotopic (exact) mass is 328 g/mol. The standard InChI is InChI=1S/C18H20N2O4/c1-4-8-24-16-7-5-6-14(11-16)18(21)19-17-12(2)9-15(20(22)23)10-13(17)3/h5-7,9-11H,4,8H2,1-3H3,(H,19,21). The average Bonchev–Trinajstić information content (AvgIpc) is 2.56. The zero-order valence-corrected chi connectivity index (χ0v) is 14.0. The van der Waals surface area contributed by atoms with E-state index in [4.69, 9.17) is 4.74 Å². The maximum Gasteiger partial charge on any atom is 0.270 e. The minimum absolute atomic E-state index is 0.0120. The molecule has 0 spiro atoms. The van der Waals surface area contributed by atoms with Gasteiger partial charge in [-0.15, -0.1) is 0 Å². The molecule has 126 valence electrons. The van der Waals surface area contributed by atoms with E-state index in [9.17, 15) is 14.9 Å². The zero-order chi connectivity index (χ0) is 17.7. The third-order valence-electron chi connectivity index (χ3n) is 3.54. The Morgan fingerprint density at radius 2 is 1.88 bits per heavy atom. The van der Waals surface area contributed by atoms with Gasteiger partial charge in [-0.25, -0.2) is 0 Å². The topological polar surface area (TPSA) is 81.5 Å². The van der Waals surface area contributed by atoms with Crippen LogP contribution in [0.25, 0.3) is 0 Å². The molecule has 2 aromatic rings. The number of ether oxygens (including phenoxy) is 1. The molecule has 2 rings (SSSR count). The van der Waals surface area contributed by atoms with Crippen molar-refractivity contribution >= 4 is 17.3 Å². The number of nitro benzene ring substituents is 1. The lowest BCUT2D eigenvalue weighted by molar-refractivity contribution is -0.384. The van der Waals surface area contributed by atoms with Gasteiger partial charge < -0.3 is 10.1 Å². The number of amides is 1. The molecule has 0 saturated carbocycles. The van der Waals surface area contributed by atoms with Crippen molar-refractivity contribution in [2.75, 3.05) is 11.9 Å². The maximum atomic E-state index is 12.5. The number of carbonyl (C=O) groups excluding carboxylic acids is 1. The molecule has 0 saturated heterocycles. The quantitative estimate of drug-likeness (QED) is 0.635. The van der Waals surface area contributed by atoms with Crippen molar-refractivity contribution in [2.24, 2.45) is 0 Å². The van der Waals surface area contributed by atoms with Crippen LogP contribution in [-0.4, -0.2) is 17.4 Å². The maximum absolute atomic E-state index is 12.5. The highest BCUT2D eigenvalue weighted by Gasteiger charge is 2.15. The summed E-state index contributed by atoms with van der Waals surface area (Å²) in [6, 6.07) is 9.84. The van der Waals surface area contributed by atoms with Crippen LogP contribution in [0.15, 0.2) is 36.4 Å². The van der Waals surface area contributed by atoms with Gasteiger partial charge in [-0.05, 0) is 49.6 Å². The van der Waals surface area contributed by atoms with Gasteiger partial charge in [0.25, 0.3) is 11.6 Å². The molecule has 6 nitrogen and oxygen atoms in total. The number of benzene rings is 2. The second kappa shape index (κ2) is 7.59. The Hall–Kier alpha value is -2.89. The van der Waals surface area contributed by atoms with Crippen LogP contribution in [0.3, 0.4) is 0 Å². The molecule has 0 atom stereocenters. The lowest BCUT2D eigenvalue weighted by Crippen LogP contribution is -2.14. The van der Waals surface area contributed by atoms with E-state index in [0.29, 0.717) is 34.7 Å². The largest absolute Gasteiger partial charge is 0.494 e. The first-order valence-corrected chi connectivity index (χ1v) is 7.72. The molecule has 1 amide bonds. The Kier molecular flexibility index (Phi) is 5.52. The number of carbonyl (C=O) groups is 1. The third-order valence-corrected chi connectivity index (χ3v) is 3.54. The van der Waals surface area contributed by atoms with Gasteiger partial charge in [-0.3, -0.25) is 14.9 Å². The Morgan fingerprint density at radius 1 is 1.21 bits per heavy atom. The Bertz CT molecular complexity index is 748. The molecule has 6 heteroatoms. The van der Waals surface area contributed by atoms with Crippen molar-refractivity contribution < 1.29 is 14.5 Å². The van der Waals surface area contributed by atoms with Gasteiger partial charge in [-0.2, -0.15) is 0 Å². The fraction of sp³-hybridized carbons (Fsp3) is 0.278. The lowest BCUT2D eigenvalue weighted by Gasteiger charge is -2.12. The van der Waals surface area contributed by atoms with Gasteiger partial charge in [0.15, 0.2) is 0 Å². The Labute approximate surface area is 140 Å². The first-order valence-electron chi connectivity index (χ1n) is 7.72. The summed E-state index contributed by atoms with van der Waals surface area (Å²) in [6.07, 6.45) is 0.887. The van der Waals surface area contributed by atoms with E-state index in [2.05, 4.69) is 5.32 Å². The molecule has 0 aliphatic carbocycles. The van der Waals surface area contributed by atoms with E-state index in [1.54, 1.807) is 38.1 Å². The summed E-state index contributed by atoms with van der Waals surface area (Å²) in [5.74, 6) is 0.360. The van der Waals surface area contributed by atoms with Crippen LogP contribution in [0, 0.1) is 24.0 Å². The number of anilines is 1. The van der Waals surface area contributed by atoms with Crippen LogP contribution in [0.1, 0.15) is 34.8 Å². The molecule has 0 heterocycles. The third kappa shape index (κ3) is 4.10. The molecule has 1 N–H and O–H groups in total. The molecule has 0 bridgehead atoms. The predicted octanol–water partition coefficient (Wildman–Crippen LogP) is 4.25. The molecule has 24 heavy (non-hydrogen) atoms. The summed E-state index contributed by atoms with van der Waals surface area (Å²) in [7, 11) is 0. The number of nitrogens with zero attached hydrogens (tertiary/aromatic N) is 1. The second-order valence-electron chi connectivity index (χ2n) is 5.54. The van der Waals surface area contributed by atoms with Crippen LogP contribution >= 0.6 is 0 Å². The molecule has 0 unspecified atom stereocenters.